The number of unbranched alkanes of at least 4 members (excludes halogenated alkanes) is 1. The molecule has 0 spiro atoms. The van der Waals surface area contributed by atoms with E-state index in [-0.39, 0.29) is 17.9 Å². The van der Waals surface area contributed by atoms with E-state index in [4.69, 9.17) is 0 Å². The number of carbonyl (C=O) groups excluding carboxylic acids is 2. The first-order valence-electron chi connectivity index (χ1n) is 7.83. The van der Waals surface area contributed by atoms with Crippen LogP contribution in [0.25, 0.3) is 0 Å². The summed E-state index contributed by atoms with van der Waals surface area (Å²) in [6.07, 6.45) is 2.77. The first-order valence-corrected chi connectivity index (χ1v) is 8.99. The van der Waals surface area contributed by atoms with E-state index in [0.29, 0.717) is 12.2 Å². The van der Waals surface area contributed by atoms with Gasteiger partial charge < -0.3 is 10.6 Å². The Balaban J connectivity index is 2.43. The summed E-state index contributed by atoms with van der Waals surface area (Å²) < 4.78 is 0. The van der Waals surface area contributed by atoms with Crippen LogP contribution in [0.15, 0.2) is 24.3 Å². The highest BCUT2D eigenvalue weighted by molar-refractivity contribution is 7.99. The molecule has 2 N–H and O–H groups in total. The van der Waals surface area contributed by atoms with Crippen molar-refractivity contribution in [2.24, 2.45) is 0 Å². The molecule has 1 aromatic rings. The molecule has 0 saturated heterocycles. The van der Waals surface area contributed by atoms with Gasteiger partial charge >= 0.3 is 0 Å². The summed E-state index contributed by atoms with van der Waals surface area (Å²) in [6, 6.07) is 7.56. The highest BCUT2D eigenvalue weighted by Crippen LogP contribution is 2.16. The second-order valence-electron chi connectivity index (χ2n) is 5.22. The molecule has 0 heterocycles. The molecule has 0 bridgehead atoms. The number of nitrogens with one attached hydrogen (secondary N) is 2. The van der Waals surface area contributed by atoms with Gasteiger partial charge in [-0.05, 0) is 36.8 Å². The minimum absolute atomic E-state index is 0.00166. The van der Waals surface area contributed by atoms with Gasteiger partial charge in [-0.1, -0.05) is 32.4 Å². The summed E-state index contributed by atoms with van der Waals surface area (Å²) in [4.78, 5) is 23.2. The van der Waals surface area contributed by atoms with Crippen LogP contribution in [0.2, 0.25) is 0 Å². The first kappa shape index (κ1) is 18.6. The van der Waals surface area contributed by atoms with Gasteiger partial charge in [0.1, 0.15) is 0 Å². The highest BCUT2D eigenvalue weighted by Gasteiger charge is 2.09. The largest absolute Gasteiger partial charge is 0.349 e. The van der Waals surface area contributed by atoms with E-state index in [1.165, 1.54) is 0 Å². The zero-order valence-corrected chi connectivity index (χ0v) is 14.5. The quantitative estimate of drug-likeness (QED) is 0.681. The third-order valence-corrected chi connectivity index (χ3v) is 4.31. The Morgan fingerprint density at radius 2 is 1.82 bits per heavy atom. The van der Waals surface area contributed by atoms with Gasteiger partial charge in [0.15, 0.2) is 0 Å². The molecule has 1 aromatic carbocycles. The lowest BCUT2D eigenvalue weighted by Gasteiger charge is -2.15. The average molecular weight is 322 g/mol. The van der Waals surface area contributed by atoms with Crippen LogP contribution in [0.4, 0.5) is 5.69 Å². The third-order valence-electron chi connectivity index (χ3n) is 3.27. The Bertz CT molecular complexity index is 474. The van der Waals surface area contributed by atoms with Gasteiger partial charge in [-0.15, -0.1) is 0 Å². The van der Waals surface area contributed by atoms with Gasteiger partial charge in [0, 0.05) is 12.1 Å². The standard InChI is InChI=1S/C17H26N2O2S/c1-4-6-11-22-12-17(21)18-13(3)14-7-9-15(10-8-14)19-16(20)5-2/h7-10,13H,4-6,11-12H2,1-3H3,(H,18,21)(H,19,20). The number of benzene rings is 1. The molecule has 0 fully saturated rings. The van der Waals surface area contributed by atoms with Gasteiger partial charge in [0.2, 0.25) is 11.8 Å². The van der Waals surface area contributed by atoms with Gasteiger partial charge in [-0.2, -0.15) is 11.8 Å². The zero-order chi connectivity index (χ0) is 16.4. The van der Waals surface area contributed by atoms with Gasteiger partial charge in [-0.25, -0.2) is 0 Å². The third kappa shape index (κ3) is 6.98. The number of hydrogen-bond donors (Lipinski definition) is 2. The maximum absolute atomic E-state index is 11.9. The zero-order valence-electron chi connectivity index (χ0n) is 13.6. The van der Waals surface area contributed by atoms with E-state index in [1.807, 2.05) is 38.1 Å². The van der Waals surface area contributed by atoms with Crippen molar-refractivity contribution in [3.63, 3.8) is 0 Å². The van der Waals surface area contributed by atoms with Crippen LogP contribution in [-0.4, -0.2) is 23.3 Å². The van der Waals surface area contributed by atoms with Gasteiger partial charge in [0.05, 0.1) is 11.8 Å². The van der Waals surface area contributed by atoms with Crippen molar-refractivity contribution in [3.05, 3.63) is 29.8 Å². The SMILES string of the molecule is CCCCSCC(=O)NC(C)c1ccc(NC(=O)CC)cc1. The lowest BCUT2D eigenvalue weighted by molar-refractivity contribution is -0.119. The van der Waals surface area contributed by atoms with Crippen LogP contribution in [-0.2, 0) is 9.59 Å². The van der Waals surface area contributed by atoms with Gasteiger partial charge in [-0.3, -0.25) is 9.59 Å². The lowest BCUT2D eigenvalue weighted by atomic mass is 10.1. The summed E-state index contributed by atoms with van der Waals surface area (Å²) in [6.45, 7) is 5.93. The first-order chi connectivity index (χ1) is 10.6. The Labute approximate surface area is 137 Å². The summed E-state index contributed by atoms with van der Waals surface area (Å²) in [7, 11) is 0. The monoisotopic (exact) mass is 322 g/mol. The van der Waals surface area contributed by atoms with Crippen molar-refractivity contribution < 1.29 is 9.59 Å². The van der Waals surface area contributed by atoms with Crippen LogP contribution < -0.4 is 10.6 Å². The molecule has 1 rings (SSSR count). The average Bonchev–Trinajstić information content (AvgIpc) is 2.52. The molecular weight excluding hydrogens is 296 g/mol. The molecule has 0 aliphatic rings. The fraction of sp³-hybridized carbons (Fsp3) is 0.529. The predicted octanol–water partition coefficient (Wildman–Crippen LogP) is 3.75. The Morgan fingerprint density at radius 3 is 2.41 bits per heavy atom. The highest BCUT2D eigenvalue weighted by atomic mass is 32.2. The molecule has 5 heteroatoms. The Morgan fingerprint density at radius 1 is 1.14 bits per heavy atom. The molecule has 122 valence electrons. The molecule has 0 aliphatic heterocycles. The number of hydrogen-bond acceptors (Lipinski definition) is 3. The smallest absolute Gasteiger partial charge is 0.230 e. The van der Waals surface area contributed by atoms with Crippen LogP contribution >= 0.6 is 11.8 Å². The minimum Gasteiger partial charge on any atom is -0.349 e. The fourth-order valence-electron chi connectivity index (χ4n) is 1.88. The van der Waals surface area contributed by atoms with E-state index in [1.54, 1.807) is 11.8 Å². The van der Waals surface area contributed by atoms with Crippen LogP contribution in [0.5, 0.6) is 0 Å². The van der Waals surface area contributed by atoms with Crippen LogP contribution in [0.3, 0.4) is 0 Å². The number of rotatable bonds is 9. The van der Waals surface area contributed by atoms with Crippen molar-refractivity contribution in [2.75, 3.05) is 16.8 Å². The van der Waals surface area contributed by atoms with E-state index in [0.717, 1.165) is 29.8 Å². The molecule has 1 unspecified atom stereocenters. The topological polar surface area (TPSA) is 58.2 Å². The number of carbonyl (C=O) groups is 2. The fourth-order valence-corrected chi connectivity index (χ4v) is 2.79. The Kier molecular flexibility index (Phi) is 8.67. The van der Waals surface area contributed by atoms with Crippen molar-refractivity contribution in [1.29, 1.82) is 0 Å². The normalized spacial score (nSPS) is 11.8. The lowest BCUT2D eigenvalue weighted by Crippen LogP contribution is -2.28. The number of anilines is 1. The van der Waals surface area contributed by atoms with Crippen LogP contribution in [0.1, 0.15) is 51.6 Å². The Hall–Kier alpha value is -1.49. The molecule has 0 aromatic heterocycles. The number of amides is 2. The predicted molar refractivity (Wildman–Crippen MR) is 94.2 cm³/mol. The van der Waals surface area contributed by atoms with E-state index in [9.17, 15) is 9.59 Å². The van der Waals surface area contributed by atoms with Gasteiger partial charge in [0.25, 0.3) is 0 Å². The van der Waals surface area contributed by atoms with Crippen LogP contribution in [0, 0.1) is 0 Å². The van der Waals surface area contributed by atoms with Crippen molar-refractivity contribution in [2.45, 2.75) is 46.1 Å². The maximum atomic E-state index is 11.9. The van der Waals surface area contributed by atoms with E-state index >= 15 is 0 Å². The summed E-state index contributed by atoms with van der Waals surface area (Å²) in [5, 5.41) is 5.81. The van der Waals surface area contributed by atoms with Crippen molar-refractivity contribution in [1.82, 2.24) is 5.32 Å². The van der Waals surface area contributed by atoms with E-state index in [2.05, 4.69) is 17.6 Å². The minimum atomic E-state index is -0.0322. The molecule has 0 radical (unpaired) electrons. The molecule has 2 amide bonds. The molecule has 22 heavy (non-hydrogen) atoms. The molecular formula is C17H26N2O2S. The molecule has 0 aliphatic carbocycles. The summed E-state index contributed by atoms with van der Waals surface area (Å²) in [5.74, 6) is 1.61. The second-order valence-corrected chi connectivity index (χ2v) is 6.32. The summed E-state index contributed by atoms with van der Waals surface area (Å²) in [5.41, 5.74) is 1.81. The van der Waals surface area contributed by atoms with E-state index < -0.39 is 0 Å². The summed E-state index contributed by atoms with van der Waals surface area (Å²) >= 11 is 1.68. The molecule has 4 nitrogen and oxygen atoms in total. The van der Waals surface area contributed by atoms with Crippen molar-refractivity contribution in [3.8, 4) is 0 Å². The molecule has 1 atom stereocenters. The number of thioether (sulfide) groups is 1. The second kappa shape index (κ2) is 10.3. The van der Waals surface area contributed by atoms with Crippen molar-refractivity contribution >= 4 is 29.3 Å². The molecule has 0 saturated carbocycles. The maximum Gasteiger partial charge on any atom is 0.230 e.